The molecule has 152 valence electrons. The molecule has 1 N–H and O–H groups in total. The highest BCUT2D eigenvalue weighted by Gasteiger charge is 2.46. The summed E-state index contributed by atoms with van der Waals surface area (Å²) in [6.45, 7) is 4.28. The van der Waals surface area contributed by atoms with Gasteiger partial charge in [-0.1, -0.05) is 80.6 Å². The molecule has 0 bridgehead atoms. The highest BCUT2D eigenvalue weighted by molar-refractivity contribution is 6.23. The van der Waals surface area contributed by atoms with E-state index in [-0.39, 0.29) is 22.9 Å². The number of hydrogen-bond acceptors (Lipinski definition) is 3. The molecule has 3 aliphatic rings. The number of nitrogens with one attached hydrogen (secondary N) is 1. The van der Waals surface area contributed by atoms with Gasteiger partial charge in [-0.3, -0.25) is 9.59 Å². The van der Waals surface area contributed by atoms with Gasteiger partial charge in [0, 0.05) is 40.3 Å². The third-order valence-electron chi connectivity index (χ3n) is 6.86. The molecule has 1 aliphatic heterocycles. The molecule has 6 rings (SSSR count). The fraction of sp³-hybridized carbons (Fsp3) is 0.214. The van der Waals surface area contributed by atoms with Crippen LogP contribution < -0.4 is 5.32 Å². The van der Waals surface area contributed by atoms with Crippen LogP contribution in [0.15, 0.2) is 83.6 Å². The molecule has 3 aromatic rings. The van der Waals surface area contributed by atoms with Gasteiger partial charge in [0.2, 0.25) is 0 Å². The molecule has 2 aliphatic carbocycles. The summed E-state index contributed by atoms with van der Waals surface area (Å²) < 4.78 is 0. The Kier molecular flexibility index (Phi) is 3.71. The Morgan fingerprint density at radius 3 is 2.35 bits per heavy atom. The molecule has 0 saturated carbocycles. The number of allylic oxidation sites excluding steroid dienone is 3. The SMILES string of the molecule is CC1(C)CC(=O)C2=C(C1)NC1=C(C(=O)c3ccccc31)C2c1cccc2ccccc12. The average Bonchev–Trinajstić information content (AvgIpc) is 3.03. The third-order valence-corrected chi connectivity index (χ3v) is 6.86. The highest BCUT2D eigenvalue weighted by Crippen LogP contribution is 2.52. The normalized spacial score (nSPS) is 21.7. The van der Waals surface area contributed by atoms with Crippen molar-refractivity contribution in [1.29, 1.82) is 0 Å². The second-order valence-corrected chi connectivity index (χ2v) is 9.62. The van der Waals surface area contributed by atoms with Crippen LogP contribution in [0.1, 0.15) is 54.1 Å². The molecule has 31 heavy (non-hydrogen) atoms. The summed E-state index contributed by atoms with van der Waals surface area (Å²) in [6, 6.07) is 22.2. The molecule has 3 nitrogen and oxygen atoms in total. The van der Waals surface area contributed by atoms with E-state index in [2.05, 4.69) is 43.4 Å². The van der Waals surface area contributed by atoms with Crippen LogP contribution in [0.25, 0.3) is 16.5 Å². The van der Waals surface area contributed by atoms with Gasteiger partial charge in [0.1, 0.15) is 0 Å². The van der Waals surface area contributed by atoms with Crippen LogP contribution in [0.3, 0.4) is 0 Å². The first-order chi connectivity index (χ1) is 14.9. The Balaban J connectivity index is 1.66. The zero-order chi connectivity index (χ0) is 21.3. The largest absolute Gasteiger partial charge is 0.358 e. The van der Waals surface area contributed by atoms with Gasteiger partial charge in [0.15, 0.2) is 11.6 Å². The summed E-state index contributed by atoms with van der Waals surface area (Å²) in [7, 11) is 0. The first-order valence-corrected chi connectivity index (χ1v) is 10.8. The summed E-state index contributed by atoms with van der Waals surface area (Å²) in [4.78, 5) is 27.1. The molecule has 0 radical (unpaired) electrons. The zero-order valence-electron chi connectivity index (χ0n) is 17.7. The number of fused-ring (bicyclic) bond motifs is 3. The Morgan fingerprint density at radius 2 is 1.52 bits per heavy atom. The van der Waals surface area contributed by atoms with E-state index < -0.39 is 0 Å². The zero-order valence-corrected chi connectivity index (χ0v) is 17.7. The average molecular weight is 405 g/mol. The van der Waals surface area contributed by atoms with Crippen molar-refractivity contribution in [1.82, 2.24) is 5.32 Å². The first-order valence-electron chi connectivity index (χ1n) is 10.8. The van der Waals surface area contributed by atoms with E-state index in [0.717, 1.165) is 50.9 Å². The number of dihydropyridines is 1. The molecule has 0 spiro atoms. The predicted octanol–water partition coefficient (Wildman–Crippen LogP) is 5.78. The van der Waals surface area contributed by atoms with Gasteiger partial charge >= 0.3 is 0 Å². The monoisotopic (exact) mass is 405 g/mol. The Hall–Kier alpha value is -3.46. The quantitative estimate of drug-likeness (QED) is 0.558. The van der Waals surface area contributed by atoms with Crippen LogP contribution in [0.2, 0.25) is 0 Å². The summed E-state index contributed by atoms with van der Waals surface area (Å²) >= 11 is 0. The Labute approximate surface area is 181 Å². The minimum atomic E-state index is -0.346. The number of hydrogen-bond donors (Lipinski definition) is 1. The van der Waals surface area contributed by atoms with Gasteiger partial charge in [-0.05, 0) is 28.2 Å². The van der Waals surface area contributed by atoms with Crippen molar-refractivity contribution in [3.05, 3.63) is 100 Å². The van der Waals surface area contributed by atoms with Gasteiger partial charge in [0.05, 0.1) is 5.70 Å². The van der Waals surface area contributed by atoms with E-state index in [9.17, 15) is 9.59 Å². The van der Waals surface area contributed by atoms with Crippen molar-refractivity contribution >= 4 is 28.0 Å². The summed E-state index contributed by atoms with van der Waals surface area (Å²) in [5.41, 5.74) is 5.93. The summed E-state index contributed by atoms with van der Waals surface area (Å²) in [5, 5.41) is 5.77. The number of Topliss-reactive ketones (excluding diaryl/α,β-unsaturated/α-hetero) is 2. The fourth-order valence-corrected chi connectivity index (χ4v) is 5.60. The second-order valence-electron chi connectivity index (χ2n) is 9.62. The van der Waals surface area contributed by atoms with E-state index >= 15 is 0 Å². The lowest BCUT2D eigenvalue weighted by Gasteiger charge is -2.39. The van der Waals surface area contributed by atoms with Gasteiger partial charge in [0.25, 0.3) is 0 Å². The van der Waals surface area contributed by atoms with Crippen LogP contribution in [0.4, 0.5) is 0 Å². The van der Waals surface area contributed by atoms with E-state index in [1.54, 1.807) is 0 Å². The molecule has 0 aromatic heterocycles. The maximum atomic E-state index is 13.6. The number of carbonyl (C=O) groups is 2. The maximum Gasteiger partial charge on any atom is 0.192 e. The summed E-state index contributed by atoms with van der Waals surface area (Å²) in [5.74, 6) is -0.173. The van der Waals surface area contributed by atoms with Crippen LogP contribution in [0, 0.1) is 5.41 Å². The van der Waals surface area contributed by atoms with Crippen molar-refractivity contribution in [2.45, 2.75) is 32.6 Å². The van der Waals surface area contributed by atoms with Gasteiger partial charge < -0.3 is 5.32 Å². The lowest BCUT2D eigenvalue weighted by Crippen LogP contribution is -2.37. The first kappa shape index (κ1) is 18.3. The molecule has 0 saturated heterocycles. The smallest absolute Gasteiger partial charge is 0.192 e. The van der Waals surface area contributed by atoms with E-state index in [4.69, 9.17) is 0 Å². The molecule has 0 fully saturated rings. The number of ketones is 2. The van der Waals surface area contributed by atoms with Crippen LogP contribution >= 0.6 is 0 Å². The standard InChI is InChI=1S/C28H23NO2/c1-28(2)14-21-24(22(30)15-28)23(18-13-7-9-16-8-3-4-10-17(16)18)25-26(29-21)19-11-5-6-12-20(19)27(25)31/h3-13,23,29H,14-15H2,1-2H3. The van der Waals surface area contributed by atoms with Crippen molar-refractivity contribution < 1.29 is 9.59 Å². The predicted molar refractivity (Wildman–Crippen MR) is 123 cm³/mol. The van der Waals surface area contributed by atoms with E-state index in [1.165, 1.54) is 0 Å². The van der Waals surface area contributed by atoms with E-state index in [0.29, 0.717) is 12.0 Å². The van der Waals surface area contributed by atoms with Crippen LogP contribution in [0.5, 0.6) is 0 Å². The molecule has 0 amide bonds. The van der Waals surface area contributed by atoms with Gasteiger partial charge in [-0.15, -0.1) is 0 Å². The molecular weight excluding hydrogens is 382 g/mol. The molecule has 3 heteroatoms. The fourth-order valence-electron chi connectivity index (χ4n) is 5.60. The van der Waals surface area contributed by atoms with Crippen molar-refractivity contribution in [2.75, 3.05) is 0 Å². The lowest BCUT2D eigenvalue weighted by atomic mass is 9.68. The van der Waals surface area contributed by atoms with Gasteiger partial charge in [-0.25, -0.2) is 0 Å². The van der Waals surface area contributed by atoms with Crippen LogP contribution in [-0.4, -0.2) is 11.6 Å². The van der Waals surface area contributed by atoms with Crippen molar-refractivity contribution in [2.24, 2.45) is 5.41 Å². The molecule has 1 heterocycles. The number of carbonyl (C=O) groups excluding carboxylic acids is 2. The lowest BCUT2D eigenvalue weighted by molar-refractivity contribution is -0.118. The van der Waals surface area contributed by atoms with Gasteiger partial charge in [-0.2, -0.15) is 0 Å². The Morgan fingerprint density at radius 1 is 0.806 bits per heavy atom. The molecule has 1 unspecified atom stereocenters. The minimum absolute atomic E-state index is 0.0280. The molecular formula is C28H23NO2. The third kappa shape index (κ3) is 2.59. The van der Waals surface area contributed by atoms with Crippen LogP contribution in [-0.2, 0) is 4.79 Å². The topological polar surface area (TPSA) is 46.2 Å². The maximum absolute atomic E-state index is 13.6. The summed E-state index contributed by atoms with van der Waals surface area (Å²) in [6.07, 6.45) is 1.29. The number of benzene rings is 3. The Bertz CT molecular complexity index is 1370. The van der Waals surface area contributed by atoms with Crippen molar-refractivity contribution in [3.63, 3.8) is 0 Å². The highest BCUT2D eigenvalue weighted by atomic mass is 16.1. The minimum Gasteiger partial charge on any atom is -0.358 e. The second kappa shape index (κ2) is 6.27. The van der Waals surface area contributed by atoms with E-state index in [1.807, 2.05) is 42.5 Å². The number of rotatable bonds is 1. The van der Waals surface area contributed by atoms with Crippen molar-refractivity contribution in [3.8, 4) is 0 Å². The molecule has 3 aromatic carbocycles. The molecule has 1 atom stereocenters.